The van der Waals surface area contributed by atoms with Crippen molar-refractivity contribution in [2.45, 2.75) is 55.9 Å². The summed E-state index contributed by atoms with van der Waals surface area (Å²) in [5.41, 5.74) is 2.30. The minimum Gasteiger partial charge on any atom is -0.381 e. The minimum atomic E-state index is -3.78. The van der Waals surface area contributed by atoms with Gasteiger partial charge < -0.3 is 4.74 Å². The van der Waals surface area contributed by atoms with Crippen molar-refractivity contribution in [1.29, 1.82) is 0 Å². The van der Waals surface area contributed by atoms with Crippen LogP contribution in [0.4, 0.5) is 0 Å². The number of carbonyl (C=O) groups excluding carboxylic acids is 1. The third-order valence-corrected chi connectivity index (χ3v) is 6.34. The smallest absolute Gasteiger partial charge is 0.264 e. The standard InChI is InChI=1S/C17H23NO4S/c1-22-15-8-5-13(6-9-15)17(19)18-23(20,21)16-10-7-12-3-2-4-14(12)11-16/h7,10-11,13,15H,2-6,8-9H2,1H3,(H,18,19). The van der Waals surface area contributed by atoms with Gasteiger partial charge in [-0.05, 0) is 68.2 Å². The van der Waals surface area contributed by atoms with Crippen LogP contribution in [-0.4, -0.2) is 27.5 Å². The van der Waals surface area contributed by atoms with Crippen LogP contribution in [0, 0.1) is 5.92 Å². The number of carbonyl (C=O) groups is 1. The number of methoxy groups -OCH3 is 1. The summed E-state index contributed by atoms with van der Waals surface area (Å²) in [6.45, 7) is 0. The summed E-state index contributed by atoms with van der Waals surface area (Å²) in [5.74, 6) is -0.634. The first-order chi connectivity index (χ1) is 11.0. The van der Waals surface area contributed by atoms with Crippen LogP contribution in [0.15, 0.2) is 23.1 Å². The van der Waals surface area contributed by atoms with Crippen molar-refractivity contribution in [3.63, 3.8) is 0 Å². The molecule has 6 heteroatoms. The van der Waals surface area contributed by atoms with E-state index in [0.29, 0.717) is 12.8 Å². The summed E-state index contributed by atoms with van der Waals surface area (Å²) in [5, 5.41) is 0. The van der Waals surface area contributed by atoms with Crippen molar-refractivity contribution in [2.24, 2.45) is 5.92 Å². The molecule has 0 radical (unpaired) electrons. The number of ether oxygens (including phenoxy) is 1. The van der Waals surface area contributed by atoms with Crippen LogP contribution in [0.2, 0.25) is 0 Å². The van der Waals surface area contributed by atoms with Gasteiger partial charge >= 0.3 is 0 Å². The first-order valence-electron chi connectivity index (χ1n) is 8.21. The van der Waals surface area contributed by atoms with E-state index < -0.39 is 10.0 Å². The predicted octanol–water partition coefficient (Wildman–Crippen LogP) is 2.19. The van der Waals surface area contributed by atoms with Gasteiger partial charge in [0.05, 0.1) is 11.0 Å². The molecule has 0 atom stereocenters. The summed E-state index contributed by atoms with van der Waals surface area (Å²) >= 11 is 0. The maximum Gasteiger partial charge on any atom is 0.264 e. The first-order valence-corrected chi connectivity index (χ1v) is 9.69. The van der Waals surface area contributed by atoms with E-state index in [-0.39, 0.29) is 22.8 Å². The highest BCUT2D eigenvalue weighted by molar-refractivity contribution is 7.90. The summed E-state index contributed by atoms with van der Waals surface area (Å²) in [6.07, 6.45) is 6.11. The van der Waals surface area contributed by atoms with Gasteiger partial charge in [-0.15, -0.1) is 0 Å². The van der Waals surface area contributed by atoms with Crippen molar-refractivity contribution in [3.8, 4) is 0 Å². The summed E-state index contributed by atoms with van der Waals surface area (Å²) < 4.78 is 32.4. The lowest BCUT2D eigenvalue weighted by atomic mass is 9.87. The lowest BCUT2D eigenvalue weighted by molar-refractivity contribution is -0.124. The second-order valence-electron chi connectivity index (χ2n) is 6.46. The van der Waals surface area contributed by atoms with Gasteiger partial charge in [-0.1, -0.05) is 6.07 Å². The van der Waals surface area contributed by atoms with Gasteiger partial charge in [0, 0.05) is 13.0 Å². The lowest BCUT2D eigenvalue weighted by Crippen LogP contribution is -2.38. The Labute approximate surface area is 137 Å². The van der Waals surface area contributed by atoms with Crippen LogP contribution in [0.1, 0.15) is 43.2 Å². The Balaban J connectivity index is 1.68. The molecule has 1 aromatic carbocycles. The Morgan fingerprint density at radius 3 is 2.52 bits per heavy atom. The monoisotopic (exact) mass is 337 g/mol. The molecule has 0 aliphatic heterocycles. The number of nitrogens with one attached hydrogen (secondary N) is 1. The van der Waals surface area contributed by atoms with Crippen LogP contribution < -0.4 is 4.72 Å². The second kappa shape index (κ2) is 6.61. The molecule has 2 aliphatic carbocycles. The van der Waals surface area contributed by atoms with Crippen LogP contribution >= 0.6 is 0 Å². The molecule has 2 aliphatic rings. The lowest BCUT2D eigenvalue weighted by Gasteiger charge is -2.26. The highest BCUT2D eigenvalue weighted by atomic mass is 32.2. The molecule has 1 fully saturated rings. The summed E-state index contributed by atoms with van der Waals surface area (Å²) in [6, 6.07) is 5.17. The van der Waals surface area contributed by atoms with E-state index in [1.165, 1.54) is 5.56 Å². The maximum atomic E-state index is 12.4. The van der Waals surface area contributed by atoms with E-state index >= 15 is 0 Å². The fourth-order valence-corrected chi connectivity index (χ4v) is 4.64. The number of amides is 1. The van der Waals surface area contributed by atoms with Crippen LogP contribution in [0.3, 0.4) is 0 Å². The maximum absolute atomic E-state index is 12.4. The van der Waals surface area contributed by atoms with Crippen LogP contribution in [0.5, 0.6) is 0 Å². The molecule has 5 nitrogen and oxygen atoms in total. The molecule has 1 aromatic rings. The molecule has 3 rings (SSSR count). The third-order valence-electron chi connectivity index (χ3n) is 4.99. The number of hydrogen-bond donors (Lipinski definition) is 1. The van der Waals surface area contributed by atoms with Crippen molar-refractivity contribution >= 4 is 15.9 Å². The zero-order valence-electron chi connectivity index (χ0n) is 13.4. The van der Waals surface area contributed by atoms with Crippen molar-refractivity contribution < 1.29 is 17.9 Å². The number of benzene rings is 1. The average Bonchev–Trinajstić information content (AvgIpc) is 3.02. The molecule has 0 unspecified atom stereocenters. The van der Waals surface area contributed by atoms with Crippen molar-refractivity contribution in [2.75, 3.05) is 7.11 Å². The van der Waals surface area contributed by atoms with E-state index in [1.807, 2.05) is 6.07 Å². The topological polar surface area (TPSA) is 72.5 Å². The molecule has 0 aromatic heterocycles. The third kappa shape index (κ3) is 3.58. The molecule has 0 spiro atoms. The van der Waals surface area contributed by atoms with Gasteiger partial charge in [0.15, 0.2) is 0 Å². The van der Waals surface area contributed by atoms with E-state index in [9.17, 15) is 13.2 Å². The fourth-order valence-electron chi connectivity index (χ4n) is 3.55. The second-order valence-corrected chi connectivity index (χ2v) is 8.15. The fraction of sp³-hybridized carbons (Fsp3) is 0.588. The summed E-state index contributed by atoms with van der Waals surface area (Å²) in [4.78, 5) is 12.5. The largest absolute Gasteiger partial charge is 0.381 e. The highest BCUT2D eigenvalue weighted by Crippen LogP contribution is 2.27. The molecular weight excluding hydrogens is 314 g/mol. The quantitative estimate of drug-likeness (QED) is 0.914. The van der Waals surface area contributed by atoms with Gasteiger partial charge in [-0.2, -0.15) is 0 Å². The Bertz CT molecular complexity index is 691. The van der Waals surface area contributed by atoms with Crippen LogP contribution in [0.25, 0.3) is 0 Å². The average molecular weight is 337 g/mol. The Morgan fingerprint density at radius 1 is 1.13 bits per heavy atom. The molecule has 1 saturated carbocycles. The molecule has 1 amide bonds. The molecule has 0 bridgehead atoms. The first kappa shape index (κ1) is 16.5. The number of sulfonamides is 1. The number of aryl methyl sites for hydroxylation is 2. The zero-order chi connectivity index (χ0) is 16.4. The van der Waals surface area contributed by atoms with E-state index in [1.54, 1.807) is 19.2 Å². The predicted molar refractivity (Wildman–Crippen MR) is 86.6 cm³/mol. The molecular formula is C17H23NO4S. The van der Waals surface area contributed by atoms with Gasteiger partial charge in [-0.25, -0.2) is 13.1 Å². The summed E-state index contributed by atoms with van der Waals surface area (Å²) in [7, 11) is -2.11. The SMILES string of the molecule is COC1CCC(C(=O)NS(=O)(=O)c2ccc3c(c2)CCC3)CC1. The van der Waals surface area contributed by atoms with Gasteiger partial charge in [-0.3, -0.25) is 4.79 Å². The Kier molecular flexibility index (Phi) is 4.73. The van der Waals surface area contributed by atoms with Crippen molar-refractivity contribution in [3.05, 3.63) is 29.3 Å². The number of rotatable bonds is 4. The molecule has 23 heavy (non-hydrogen) atoms. The van der Waals surface area contributed by atoms with Gasteiger partial charge in [0.2, 0.25) is 5.91 Å². The van der Waals surface area contributed by atoms with Crippen LogP contribution in [-0.2, 0) is 32.4 Å². The van der Waals surface area contributed by atoms with E-state index in [4.69, 9.17) is 4.74 Å². The van der Waals surface area contributed by atoms with E-state index in [2.05, 4.69) is 4.72 Å². The molecule has 126 valence electrons. The van der Waals surface area contributed by atoms with Gasteiger partial charge in [0.1, 0.15) is 0 Å². The Hall–Kier alpha value is -1.40. The molecule has 0 saturated heterocycles. The van der Waals surface area contributed by atoms with Crippen molar-refractivity contribution in [1.82, 2.24) is 4.72 Å². The van der Waals surface area contributed by atoms with E-state index in [0.717, 1.165) is 37.7 Å². The molecule has 0 heterocycles. The van der Waals surface area contributed by atoms with Gasteiger partial charge in [0.25, 0.3) is 10.0 Å². The minimum absolute atomic E-state index is 0.187. The molecule has 1 N–H and O–H groups in total. The zero-order valence-corrected chi connectivity index (χ0v) is 14.2. The number of hydrogen-bond acceptors (Lipinski definition) is 4. The Morgan fingerprint density at radius 2 is 1.83 bits per heavy atom. The highest BCUT2D eigenvalue weighted by Gasteiger charge is 2.29. The number of fused-ring (bicyclic) bond motifs is 1. The normalized spacial score (nSPS) is 24.2.